The molecule has 150 valence electrons. The maximum atomic E-state index is 12.3. The second-order valence-corrected chi connectivity index (χ2v) is 9.06. The van der Waals surface area contributed by atoms with E-state index in [0.29, 0.717) is 16.3 Å². The number of amides is 1. The lowest BCUT2D eigenvalue weighted by Crippen LogP contribution is -2.39. The van der Waals surface area contributed by atoms with Crippen LogP contribution in [0.2, 0.25) is 5.02 Å². The number of aryl methyl sites for hydroxylation is 2. The maximum absolute atomic E-state index is 12.3. The first-order valence-corrected chi connectivity index (χ1v) is 10.9. The Morgan fingerprint density at radius 2 is 1.75 bits per heavy atom. The molecule has 1 N–H and O–H groups in total. The maximum Gasteiger partial charge on any atom is 0.260 e. The van der Waals surface area contributed by atoms with Crippen LogP contribution in [0.4, 0.5) is 5.69 Å². The topological polar surface area (TPSA) is 78.8 Å². The summed E-state index contributed by atoms with van der Waals surface area (Å²) in [5.41, 5.74) is 7.74. The van der Waals surface area contributed by atoms with Gasteiger partial charge in [0.05, 0.1) is 18.2 Å². The molecule has 0 bridgehead atoms. The predicted octanol–water partition coefficient (Wildman–Crippen LogP) is 3.49. The molecular weight excluding hydrogens is 398 g/mol. The molecule has 0 spiro atoms. The highest BCUT2D eigenvalue weighted by Crippen LogP contribution is 2.26. The molecule has 0 aliphatic heterocycles. The SMILES string of the molecule is Cc1ccc(Cl)cc1N(CC(=O)N/N=C\c1ccc(C)c(C)c1C)S(C)(=O)=O. The zero-order chi connectivity index (χ0) is 21.1. The Bertz CT molecular complexity index is 1030. The monoisotopic (exact) mass is 421 g/mol. The molecule has 6 nitrogen and oxygen atoms in total. The second-order valence-electron chi connectivity index (χ2n) is 6.72. The molecule has 0 fully saturated rings. The summed E-state index contributed by atoms with van der Waals surface area (Å²) in [5, 5.41) is 4.36. The largest absolute Gasteiger partial charge is 0.271 e. The van der Waals surface area contributed by atoms with E-state index >= 15 is 0 Å². The number of anilines is 1. The fourth-order valence-electron chi connectivity index (χ4n) is 2.69. The zero-order valence-corrected chi connectivity index (χ0v) is 18.1. The van der Waals surface area contributed by atoms with E-state index in [-0.39, 0.29) is 0 Å². The molecule has 0 radical (unpaired) electrons. The van der Waals surface area contributed by atoms with Crippen molar-refractivity contribution >= 4 is 39.4 Å². The van der Waals surface area contributed by atoms with Crippen molar-refractivity contribution in [2.24, 2.45) is 5.10 Å². The lowest BCUT2D eigenvalue weighted by molar-refractivity contribution is -0.119. The Morgan fingerprint density at radius 3 is 2.39 bits per heavy atom. The average molecular weight is 422 g/mol. The van der Waals surface area contributed by atoms with E-state index < -0.39 is 22.5 Å². The minimum absolute atomic E-state index is 0.360. The number of rotatable bonds is 6. The van der Waals surface area contributed by atoms with Gasteiger partial charge in [0.25, 0.3) is 5.91 Å². The third-order valence-electron chi connectivity index (χ3n) is 4.62. The van der Waals surface area contributed by atoms with Gasteiger partial charge in [0.2, 0.25) is 10.0 Å². The van der Waals surface area contributed by atoms with Crippen LogP contribution in [0.5, 0.6) is 0 Å². The Balaban J connectivity index is 2.17. The van der Waals surface area contributed by atoms with Gasteiger partial charge in [-0.25, -0.2) is 13.8 Å². The molecule has 0 aromatic heterocycles. The first-order valence-electron chi connectivity index (χ1n) is 8.63. The number of nitrogens with one attached hydrogen (secondary N) is 1. The number of hydrogen-bond donors (Lipinski definition) is 1. The summed E-state index contributed by atoms with van der Waals surface area (Å²) in [5.74, 6) is -0.553. The van der Waals surface area contributed by atoms with Crippen molar-refractivity contribution in [2.45, 2.75) is 27.7 Å². The number of halogens is 1. The van der Waals surface area contributed by atoms with Crippen LogP contribution in [-0.2, 0) is 14.8 Å². The van der Waals surface area contributed by atoms with Gasteiger partial charge >= 0.3 is 0 Å². The molecule has 0 heterocycles. The second kappa shape index (κ2) is 8.75. The van der Waals surface area contributed by atoms with Crippen LogP contribution in [0.3, 0.4) is 0 Å². The van der Waals surface area contributed by atoms with E-state index in [1.807, 2.05) is 32.9 Å². The van der Waals surface area contributed by atoms with Crippen molar-refractivity contribution < 1.29 is 13.2 Å². The predicted molar refractivity (Wildman–Crippen MR) is 115 cm³/mol. The van der Waals surface area contributed by atoms with Crippen molar-refractivity contribution in [3.8, 4) is 0 Å². The number of nitrogens with zero attached hydrogens (tertiary/aromatic N) is 2. The minimum Gasteiger partial charge on any atom is -0.271 e. The van der Waals surface area contributed by atoms with Gasteiger partial charge in [0.15, 0.2) is 0 Å². The van der Waals surface area contributed by atoms with E-state index in [4.69, 9.17) is 11.6 Å². The lowest BCUT2D eigenvalue weighted by Gasteiger charge is -2.23. The standard InChI is InChI=1S/C20H24ClN3O3S/c1-13-6-8-17(16(4)15(13)3)11-22-23-20(25)12-24(28(5,26)27)19-10-18(21)9-7-14(19)2/h6-11H,12H2,1-5H3,(H,23,25)/b22-11-. The lowest BCUT2D eigenvalue weighted by atomic mass is 10.00. The number of hydrogen-bond acceptors (Lipinski definition) is 4. The molecule has 0 aliphatic rings. The van der Waals surface area contributed by atoms with Crippen LogP contribution in [0.1, 0.15) is 27.8 Å². The van der Waals surface area contributed by atoms with Gasteiger partial charge < -0.3 is 0 Å². The molecular formula is C20H24ClN3O3S. The Hall–Kier alpha value is -2.38. The van der Waals surface area contributed by atoms with Crippen LogP contribution < -0.4 is 9.73 Å². The highest BCUT2D eigenvalue weighted by molar-refractivity contribution is 7.92. The molecule has 1 amide bonds. The molecule has 28 heavy (non-hydrogen) atoms. The molecule has 8 heteroatoms. The summed E-state index contributed by atoms with van der Waals surface area (Å²) in [6, 6.07) is 8.79. The molecule has 0 aliphatic carbocycles. The Labute approximate surface area is 171 Å². The van der Waals surface area contributed by atoms with Crippen molar-refractivity contribution in [2.75, 3.05) is 17.1 Å². The molecule has 2 rings (SSSR count). The first-order chi connectivity index (χ1) is 13.0. The number of sulfonamides is 1. The van der Waals surface area contributed by atoms with Crippen molar-refractivity contribution in [1.29, 1.82) is 0 Å². The third-order valence-corrected chi connectivity index (χ3v) is 5.98. The summed E-state index contributed by atoms with van der Waals surface area (Å²) in [6.45, 7) is 7.39. The van der Waals surface area contributed by atoms with E-state index in [1.165, 1.54) is 11.6 Å². The Morgan fingerprint density at radius 1 is 1.11 bits per heavy atom. The average Bonchev–Trinajstić information content (AvgIpc) is 2.61. The van der Waals surface area contributed by atoms with E-state index in [1.54, 1.807) is 25.3 Å². The highest BCUT2D eigenvalue weighted by atomic mass is 35.5. The summed E-state index contributed by atoms with van der Waals surface area (Å²) >= 11 is 5.99. The normalized spacial score (nSPS) is 11.6. The number of carbonyl (C=O) groups is 1. The van der Waals surface area contributed by atoms with Crippen LogP contribution in [0.25, 0.3) is 0 Å². The van der Waals surface area contributed by atoms with Gasteiger partial charge in [-0.3, -0.25) is 9.10 Å². The number of benzene rings is 2. The summed E-state index contributed by atoms with van der Waals surface area (Å²) in [6.07, 6.45) is 2.59. The number of hydrazone groups is 1. The van der Waals surface area contributed by atoms with Crippen LogP contribution >= 0.6 is 11.6 Å². The van der Waals surface area contributed by atoms with Crippen LogP contribution in [-0.4, -0.2) is 33.3 Å². The van der Waals surface area contributed by atoms with E-state index in [9.17, 15) is 13.2 Å². The quantitative estimate of drug-likeness (QED) is 0.572. The van der Waals surface area contributed by atoms with Gasteiger partial charge in [-0.05, 0) is 67.6 Å². The van der Waals surface area contributed by atoms with Crippen molar-refractivity contribution in [3.05, 3.63) is 63.2 Å². The molecule has 0 unspecified atom stereocenters. The summed E-state index contributed by atoms with van der Waals surface area (Å²) in [7, 11) is -3.68. The van der Waals surface area contributed by atoms with Crippen LogP contribution in [0, 0.1) is 27.7 Å². The van der Waals surface area contributed by atoms with E-state index in [0.717, 1.165) is 27.3 Å². The number of carbonyl (C=O) groups excluding carboxylic acids is 1. The third kappa shape index (κ3) is 5.33. The highest BCUT2D eigenvalue weighted by Gasteiger charge is 2.22. The van der Waals surface area contributed by atoms with Gasteiger partial charge in [0.1, 0.15) is 6.54 Å². The molecule has 2 aromatic carbocycles. The molecule has 0 atom stereocenters. The summed E-state index contributed by atoms with van der Waals surface area (Å²) in [4.78, 5) is 12.3. The fourth-order valence-corrected chi connectivity index (χ4v) is 3.76. The molecule has 0 saturated carbocycles. The minimum atomic E-state index is -3.68. The van der Waals surface area contributed by atoms with E-state index in [2.05, 4.69) is 10.5 Å². The van der Waals surface area contributed by atoms with Crippen molar-refractivity contribution in [3.63, 3.8) is 0 Å². The smallest absolute Gasteiger partial charge is 0.260 e. The molecule has 2 aromatic rings. The van der Waals surface area contributed by atoms with Crippen LogP contribution in [0.15, 0.2) is 35.4 Å². The summed E-state index contributed by atoms with van der Waals surface area (Å²) < 4.78 is 25.4. The fraction of sp³-hybridized carbons (Fsp3) is 0.300. The van der Waals surface area contributed by atoms with Gasteiger partial charge in [-0.1, -0.05) is 29.8 Å². The Kier molecular flexibility index (Phi) is 6.85. The van der Waals surface area contributed by atoms with Gasteiger partial charge in [-0.15, -0.1) is 0 Å². The van der Waals surface area contributed by atoms with Crippen molar-refractivity contribution in [1.82, 2.24) is 5.43 Å². The first kappa shape index (κ1) is 21.9. The van der Waals surface area contributed by atoms with Gasteiger partial charge in [0, 0.05) is 5.02 Å². The zero-order valence-electron chi connectivity index (χ0n) is 16.6. The molecule has 0 saturated heterocycles. The van der Waals surface area contributed by atoms with Gasteiger partial charge in [-0.2, -0.15) is 5.10 Å².